The van der Waals surface area contributed by atoms with E-state index in [1.165, 1.54) is 18.2 Å². The lowest BCUT2D eigenvalue weighted by molar-refractivity contribution is 0.0474. The summed E-state index contributed by atoms with van der Waals surface area (Å²) in [6.45, 7) is 3.57. The van der Waals surface area contributed by atoms with Crippen LogP contribution < -0.4 is 9.64 Å². The van der Waals surface area contributed by atoms with Gasteiger partial charge < -0.3 is 9.47 Å². The number of hydrogen-bond acceptors (Lipinski definition) is 6. The summed E-state index contributed by atoms with van der Waals surface area (Å²) in [5, 5.41) is 0. The van der Waals surface area contributed by atoms with Crippen LogP contribution in [0.25, 0.3) is 0 Å². The molecule has 8 heteroatoms. The fourth-order valence-electron chi connectivity index (χ4n) is 4.11. The molecule has 0 unspecified atom stereocenters. The highest BCUT2D eigenvalue weighted by Crippen LogP contribution is 2.32. The van der Waals surface area contributed by atoms with Gasteiger partial charge in [-0.25, -0.2) is 9.69 Å². The first kappa shape index (κ1) is 26.1. The molecule has 7 nitrogen and oxygen atoms in total. The maximum atomic E-state index is 13.2. The van der Waals surface area contributed by atoms with Crippen LogP contribution in [0.5, 0.6) is 11.5 Å². The van der Waals surface area contributed by atoms with Gasteiger partial charge in [0, 0.05) is 10.0 Å². The van der Waals surface area contributed by atoms with Gasteiger partial charge in [-0.15, -0.1) is 0 Å². The number of benzene rings is 4. The molecular formula is C31H22BrNO6. The number of anilines is 1. The van der Waals surface area contributed by atoms with Crippen LogP contribution in [-0.4, -0.2) is 30.2 Å². The molecule has 0 saturated heterocycles. The molecule has 0 spiro atoms. The van der Waals surface area contributed by atoms with Crippen molar-refractivity contribution in [3.05, 3.63) is 123 Å². The topological polar surface area (TPSA) is 90.0 Å². The number of fused-ring (bicyclic) bond motifs is 1. The third-order valence-electron chi connectivity index (χ3n) is 6.43. The van der Waals surface area contributed by atoms with E-state index in [4.69, 9.17) is 9.47 Å². The van der Waals surface area contributed by atoms with E-state index in [1.807, 2.05) is 32.0 Å². The van der Waals surface area contributed by atoms with Crippen molar-refractivity contribution in [3.8, 4) is 11.5 Å². The minimum atomic E-state index is -0.769. The van der Waals surface area contributed by atoms with Crippen LogP contribution in [0.3, 0.4) is 0 Å². The van der Waals surface area contributed by atoms with Gasteiger partial charge in [0.1, 0.15) is 11.5 Å². The molecule has 0 saturated carbocycles. The summed E-state index contributed by atoms with van der Waals surface area (Å²) in [6, 6.07) is 23.2. The Kier molecular flexibility index (Phi) is 7.13. The summed E-state index contributed by atoms with van der Waals surface area (Å²) in [5.41, 5.74) is 3.38. The molecule has 5 rings (SSSR count). The van der Waals surface area contributed by atoms with Gasteiger partial charge >= 0.3 is 5.97 Å². The smallest absolute Gasteiger partial charge is 0.338 e. The second kappa shape index (κ2) is 10.7. The lowest BCUT2D eigenvalue weighted by Gasteiger charge is -2.15. The second-order valence-electron chi connectivity index (χ2n) is 9.05. The summed E-state index contributed by atoms with van der Waals surface area (Å²) in [5.74, 6) is -0.943. The molecule has 0 N–H and O–H groups in total. The number of imide groups is 1. The molecule has 1 heterocycles. The van der Waals surface area contributed by atoms with Crippen molar-refractivity contribution in [3.63, 3.8) is 0 Å². The van der Waals surface area contributed by atoms with E-state index in [9.17, 15) is 19.2 Å². The van der Waals surface area contributed by atoms with Gasteiger partial charge in [-0.3, -0.25) is 14.4 Å². The van der Waals surface area contributed by atoms with E-state index in [0.717, 1.165) is 20.5 Å². The molecule has 1 aliphatic rings. The molecule has 4 aromatic rings. The molecule has 194 valence electrons. The molecule has 2 amide bonds. The fourth-order valence-corrected chi connectivity index (χ4v) is 4.38. The average molecular weight is 584 g/mol. The van der Waals surface area contributed by atoms with Gasteiger partial charge in [0.25, 0.3) is 11.8 Å². The lowest BCUT2D eigenvalue weighted by atomic mass is 10.1. The molecule has 0 aromatic heterocycles. The molecule has 0 radical (unpaired) electrons. The molecule has 0 bridgehead atoms. The van der Waals surface area contributed by atoms with Crippen LogP contribution in [0.2, 0.25) is 0 Å². The van der Waals surface area contributed by atoms with Gasteiger partial charge in [0.2, 0.25) is 0 Å². The zero-order valence-corrected chi connectivity index (χ0v) is 22.7. The van der Waals surface area contributed by atoms with E-state index >= 15 is 0 Å². The standard InChI is InChI=1S/C31H22BrNO6/c1-18-3-11-25(15-19(18)2)39-24-12-9-23(10-13-24)33-29(35)26-14-6-21(16-27(26)30(33)36)31(37)38-17-28(34)20-4-7-22(32)8-5-20/h3-16H,17H2,1-2H3. The number of halogens is 1. The molecule has 1 aliphatic heterocycles. The minimum absolute atomic E-state index is 0.0671. The van der Waals surface area contributed by atoms with Crippen LogP contribution in [-0.2, 0) is 4.74 Å². The highest BCUT2D eigenvalue weighted by atomic mass is 79.9. The van der Waals surface area contributed by atoms with Crippen molar-refractivity contribution in [2.45, 2.75) is 13.8 Å². The van der Waals surface area contributed by atoms with Gasteiger partial charge in [-0.1, -0.05) is 34.1 Å². The lowest BCUT2D eigenvalue weighted by Crippen LogP contribution is -2.29. The number of esters is 1. The number of amides is 2. The number of aryl methyl sites for hydroxylation is 2. The van der Waals surface area contributed by atoms with Crippen molar-refractivity contribution >= 4 is 45.2 Å². The van der Waals surface area contributed by atoms with Crippen LogP contribution in [0, 0.1) is 13.8 Å². The monoisotopic (exact) mass is 583 g/mol. The van der Waals surface area contributed by atoms with E-state index in [2.05, 4.69) is 15.9 Å². The number of Topliss-reactive ketones (excluding diaryl/α,β-unsaturated/α-hetero) is 1. The van der Waals surface area contributed by atoms with Crippen molar-refractivity contribution in [1.29, 1.82) is 0 Å². The predicted molar refractivity (Wildman–Crippen MR) is 149 cm³/mol. The third kappa shape index (κ3) is 5.37. The van der Waals surface area contributed by atoms with Gasteiger partial charge in [0.05, 0.1) is 22.4 Å². The number of hydrogen-bond donors (Lipinski definition) is 0. The summed E-state index contributed by atoms with van der Waals surface area (Å²) in [7, 11) is 0. The first-order valence-corrected chi connectivity index (χ1v) is 12.8. The first-order chi connectivity index (χ1) is 18.7. The summed E-state index contributed by atoms with van der Waals surface area (Å²) >= 11 is 3.30. The molecule has 0 aliphatic carbocycles. The quantitative estimate of drug-likeness (QED) is 0.137. The second-order valence-corrected chi connectivity index (χ2v) is 9.97. The molecule has 4 aromatic carbocycles. The Bertz CT molecular complexity index is 1630. The van der Waals surface area contributed by atoms with Crippen molar-refractivity contribution in [1.82, 2.24) is 0 Å². The van der Waals surface area contributed by atoms with Crippen molar-refractivity contribution in [2.75, 3.05) is 11.5 Å². The van der Waals surface area contributed by atoms with Crippen LogP contribution >= 0.6 is 15.9 Å². The normalized spacial score (nSPS) is 12.3. The van der Waals surface area contributed by atoms with Crippen LogP contribution in [0.4, 0.5) is 5.69 Å². The number of carbonyl (C=O) groups excluding carboxylic acids is 4. The molecular weight excluding hydrogens is 562 g/mol. The van der Waals surface area contributed by atoms with Gasteiger partial charge in [0.15, 0.2) is 12.4 Å². The number of nitrogens with zero attached hydrogens (tertiary/aromatic N) is 1. The number of rotatable bonds is 7. The predicted octanol–water partition coefficient (Wildman–Crippen LogP) is 6.70. The molecule has 0 fully saturated rings. The summed E-state index contributed by atoms with van der Waals surface area (Å²) < 4.78 is 11.9. The Hall–Kier alpha value is -4.56. The summed E-state index contributed by atoms with van der Waals surface area (Å²) in [6.07, 6.45) is 0. The minimum Gasteiger partial charge on any atom is -0.457 e. The van der Waals surface area contributed by atoms with E-state index in [-0.39, 0.29) is 22.5 Å². The Morgan fingerprint density at radius 1 is 0.718 bits per heavy atom. The highest BCUT2D eigenvalue weighted by molar-refractivity contribution is 9.10. The maximum absolute atomic E-state index is 13.2. The number of carbonyl (C=O) groups is 4. The number of ketones is 1. The Balaban J connectivity index is 1.27. The zero-order valence-electron chi connectivity index (χ0n) is 21.1. The molecule has 0 atom stereocenters. The number of ether oxygens (including phenoxy) is 2. The summed E-state index contributed by atoms with van der Waals surface area (Å²) in [4.78, 5) is 52.2. The van der Waals surface area contributed by atoms with E-state index in [1.54, 1.807) is 48.5 Å². The Labute approximate surface area is 233 Å². The van der Waals surface area contributed by atoms with Crippen LogP contribution in [0.15, 0.2) is 89.4 Å². The SMILES string of the molecule is Cc1ccc(Oc2ccc(N3C(=O)c4ccc(C(=O)OCC(=O)c5ccc(Br)cc5)cc4C3=O)cc2)cc1C. The van der Waals surface area contributed by atoms with Crippen molar-refractivity contribution in [2.24, 2.45) is 0 Å². The Morgan fingerprint density at radius 2 is 1.36 bits per heavy atom. The van der Waals surface area contributed by atoms with Crippen LogP contribution in [0.1, 0.15) is 52.6 Å². The van der Waals surface area contributed by atoms with Crippen molar-refractivity contribution < 1.29 is 28.7 Å². The molecule has 39 heavy (non-hydrogen) atoms. The third-order valence-corrected chi connectivity index (χ3v) is 6.96. The highest BCUT2D eigenvalue weighted by Gasteiger charge is 2.37. The Morgan fingerprint density at radius 3 is 2.05 bits per heavy atom. The maximum Gasteiger partial charge on any atom is 0.338 e. The van der Waals surface area contributed by atoms with E-state index in [0.29, 0.717) is 22.7 Å². The largest absolute Gasteiger partial charge is 0.457 e. The van der Waals surface area contributed by atoms with Gasteiger partial charge in [-0.05, 0) is 91.7 Å². The zero-order chi connectivity index (χ0) is 27.7. The fraction of sp³-hybridized carbons (Fsp3) is 0.0968. The van der Waals surface area contributed by atoms with Gasteiger partial charge in [-0.2, -0.15) is 0 Å². The average Bonchev–Trinajstić information content (AvgIpc) is 3.19. The first-order valence-electron chi connectivity index (χ1n) is 12.0. The van der Waals surface area contributed by atoms with E-state index < -0.39 is 24.4 Å².